The van der Waals surface area contributed by atoms with Crippen molar-refractivity contribution in [2.24, 2.45) is 5.73 Å². The molecule has 1 aromatic heterocycles. The molecule has 32 heavy (non-hydrogen) atoms. The maximum atomic E-state index is 12.4. The molecule has 1 aliphatic heterocycles. The molecule has 1 amide bonds. The van der Waals surface area contributed by atoms with Gasteiger partial charge in [0.1, 0.15) is 28.2 Å². The average Bonchev–Trinajstić information content (AvgIpc) is 3.61. The number of nitrogens with one attached hydrogen (secondary N) is 1. The molecule has 164 valence electrons. The van der Waals surface area contributed by atoms with E-state index in [1.54, 1.807) is 0 Å². The van der Waals surface area contributed by atoms with Gasteiger partial charge in [0, 0.05) is 25.2 Å². The van der Waals surface area contributed by atoms with Gasteiger partial charge in [-0.05, 0) is 43.7 Å². The van der Waals surface area contributed by atoms with E-state index in [9.17, 15) is 15.3 Å². The van der Waals surface area contributed by atoms with Crippen molar-refractivity contribution in [3.05, 3.63) is 52.6 Å². The van der Waals surface area contributed by atoms with Crippen LogP contribution in [0.25, 0.3) is 0 Å². The standard InChI is InChI=1S/C24H26N6OS/c1-14-12-30(13-15(2)28-14)23-18(10-25)20(16-8-9-16)19(11-26)24(29-23)32-21(22(27)31)17-6-4-3-5-7-17/h3-7,14-16,21,28H,8-9,12-13H2,1-2H3,(H2,27,31). The molecule has 1 saturated carbocycles. The first-order valence-corrected chi connectivity index (χ1v) is 11.7. The van der Waals surface area contributed by atoms with Gasteiger partial charge in [0.25, 0.3) is 0 Å². The predicted molar refractivity (Wildman–Crippen MR) is 124 cm³/mol. The highest BCUT2D eigenvalue weighted by atomic mass is 32.2. The number of piperazine rings is 1. The Morgan fingerprint density at radius 3 is 2.31 bits per heavy atom. The van der Waals surface area contributed by atoms with E-state index in [0.29, 0.717) is 35.1 Å². The molecule has 4 rings (SSSR count). The van der Waals surface area contributed by atoms with Gasteiger partial charge in [-0.3, -0.25) is 4.79 Å². The molecule has 2 fully saturated rings. The number of carbonyl (C=O) groups is 1. The number of thioether (sulfide) groups is 1. The molecule has 1 aromatic carbocycles. The second-order valence-corrected chi connectivity index (χ2v) is 9.68. The molecule has 1 saturated heterocycles. The first-order valence-electron chi connectivity index (χ1n) is 10.8. The molecule has 2 aromatic rings. The maximum Gasteiger partial charge on any atom is 0.235 e. The zero-order valence-corrected chi connectivity index (χ0v) is 19.0. The third-order valence-corrected chi connectivity index (χ3v) is 7.10. The van der Waals surface area contributed by atoms with Gasteiger partial charge in [-0.25, -0.2) is 4.98 Å². The van der Waals surface area contributed by atoms with Crippen molar-refractivity contribution in [1.29, 1.82) is 10.5 Å². The van der Waals surface area contributed by atoms with E-state index in [1.807, 2.05) is 30.3 Å². The number of aromatic nitrogens is 1. The Hall–Kier alpha value is -3.07. The fourth-order valence-electron chi connectivity index (χ4n) is 4.41. The topological polar surface area (TPSA) is 119 Å². The number of amides is 1. The first-order chi connectivity index (χ1) is 15.4. The highest BCUT2D eigenvalue weighted by Crippen LogP contribution is 2.48. The summed E-state index contributed by atoms with van der Waals surface area (Å²) >= 11 is 1.20. The van der Waals surface area contributed by atoms with E-state index in [0.717, 1.165) is 24.0 Å². The lowest BCUT2D eigenvalue weighted by Gasteiger charge is -2.37. The fraction of sp³-hybridized carbons (Fsp3) is 0.417. The lowest BCUT2D eigenvalue weighted by Crippen LogP contribution is -2.54. The number of rotatable bonds is 6. The zero-order chi connectivity index (χ0) is 22.8. The molecule has 0 bridgehead atoms. The molecular formula is C24H26N6OS. The Labute approximate surface area is 192 Å². The van der Waals surface area contributed by atoms with Gasteiger partial charge in [0.05, 0.1) is 11.1 Å². The number of hydrogen-bond acceptors (Lipinski definition) is 7. The van der Waals surface area contributed by atoms with Crippen LogP contribution in [0.2, 0.25) is 0 Å². The summed E-state index contributed by atoms with van der Waals surface area (Å²) in [7, 11) is 0. The van der Waals surface area contributed by atoms with Crippen molar-refractivity contribution in [3.63, 3.8) is 0 Å². The number of primary amides is 1. The van der Waals surface area contributed by atoms with Crippen LogP contribution < -0.4 is 16.0 Å². The van der Waals surface area contributed by atoms with Crippen molar-refractivity contribution in [3.8, 4) is 12.1 Å². The number of nitriles is 2. The summed E-state index contributed by atoms with van der Waals surface area (Å²) in [4.78, 5) is 19.3. The second-order valence-electron chi connectivity index (χ2n) is 8.59. The first kappa shape index (κ1) is 22.1. The van der Waals surface area contributed by atoms with Crippen LogP contribution in [0.15, 0.2) is 35.4 Å². The fourth-order valence-corrected chi connectivity index (χ4v) is 5.46. The van der Waals surface area contributed by atoms with Crippen LogP contribution in [0.4, 0.5) is 5.82 Å². The zero-order valence-electron chi connectivity index (χ0n) is 18.2. The maximum absolute atomic E-state index is 12.4. The number of nitrogens with zero attached hydrogens (tertiary/aromatic N) is 4. The summed E-state index contributed by atoms with van der Waals surface area (Å²) in [5, 5.41) is 23.4. The quantitative estimate of drug-likeness (QED) is 0.654. The summed E-state index contributed by atoms with van der Waals surface area (Å²) in [6.07, 6.45) is 1.90. The van der Waals surface area contributed by atoms with Gasteiger partial charge in [0.2, 0.25) is 5.91 Å². The Morgan fingerprint density at radius 1 is 1.16 bits per heavy atom. The van der Waals surface area contributed by atoms with Crippen LogP contribution in [-0.4, -0.2) is 36.1 Å². The number of nitrogens with two attached hydrogens (primary N) is 1. The smallest absolute Gasteiger partial charge is 0.235 e. The van der Waals surface area contributed by atoms with E-state index >= 15 is 0 Å². The van der Waals surface area contributed by atoms with Crippen LogP contribution in [0.1, 0.15) is 60.1 Å². The lowest BCUT2D eigenvalue weighted by molar-refractivity contribution is -0.117. The van der Waals surface area contributed by atoms with Crippen molar-refractivity contribution in [2.45, 2.75) is 55.0 Å². The van der Waals surface area contributed by atoms with Gasteiger partial charge in [-0.2, -0.15) is 10.5 Å². The molecule has 0 spiro atoms. The molecule has 7 nitrogen and oxygen atoms in total. The number of pyridine rings is 1. The number of benzene rings is 1. The van der Waals surface area contributed by atoms with Crippen molar-refractivity contribution in [1.82, 2.24) is 10.3 Å². The lowest BCUT2D eigenvalue weighted by atomic mass is 9.99. The molecule has 3 unspecified atom stereocenters. The Bertz CT molecular complexity index is 1090. The van der Waals surface area contributed by atoms with Crippen LogP contribution >= 0.6 is 11.8 Å². The summed E-state index contributed by atoms with van der Waals surface area (Å²) in [6, 6.07) is 14.4. The van der Waals surface area contributed by atoms with Crippen LogP contribution in [0.5, 0.6) is 0 Å². The molecule has 2 aliphatic rings. The van der Waals surface area contributed by atoms with Crippen LogP contribution in [0.3, 0.4) is 0 Å². The van der Waals surface area contributed by atoms with Crippen molar-refractivity contribution in [2.75, 3.05) is 18.0 Å². The summed E-state index contributed by atoms with van der Waals surface area (Å²) in [5.41, 5.74) is 8.18. The Morgan fingerprint density at radius 2 is 1.78 bits per heavy atom. The van der Waals surface area contributed by atoms with Crippen LogP contribution in [0, 0.1) is 22.7 Å². The molecule has 1 aliphatic carbocycles. The monoisotopic (exact) mass is 446 g/mol. The van der Waals surface area contributed by atoms with Gasteiger partial charge in [-0.1, -0.05) is 42.1 Å². The summed E-state index contributed by atoms with van der Waals surface area (Å²) in [5.74, 6) is 0.296. The van der Waals surface area contributed by atoms with Gasteiger partial charge in [-0.15, -0.1) is 0 Å². The highest BCUT2D eigenvalue weighted by Gasteiger charge is 2.36. The average molecular weight is 447 g/mol. The van der Waals surface area contributed by atoms with E-state index in [1.165, 1.54) is 11.8 Å². The number of carbonyl (C=O) groups excluding carboxylic acids is 1. The number of anilines is 1. The molecule has 3 atom stereocenters. The Kier molecular flexibility index (Phi) is 6.36. The van der Waals surface area contributed by atoms with Crippen molar-refractivity contribution >= 4 is 23.5 Å². The predicted octanol–water partition coefficient (Wildman–Crippen LogP) is 3.21. The SMILES string of the molecule is CC1CN(c2nc(SC(C(N)=O)c3ccccc3)c(C#N)c(C3CC3)c2C#N)CC(C)N1. The minimum atomic E-state index is -0.676. The van der Waals surface area contributed by atoms with Gasteiger partial charge in [0.15, 0.2) is 0 Å². The van der Waals surface area contributed by atoms with Gasteiger partial charge < -0.3 is 16.0 Å². The van der Waals surface area contributed by atoms with Crippen LogP contribution in [-0.2, 0) is 4.79 Å². The van der Waals surface area contributed by atoms with E-state index in [-0.39, 0.29) is 18.0 Å². The summed E-state index contributed by atoms with van der Waals surface area (Å²) in [6.45, 7) is 5.64. The normalized spacial score (nSPS) is 21.4. The molecule has 8 heteroatoms. The van der Waals surface area contributed by atoms with E-state index < -0.39 is 11.2 Å². The minimum Gasteiger partial charge on any atom is -0.368 e. The van der Waals surface area contributed by atoms with E-state index in [4.69, 9.17) is 10.7 Å². The third kappa shape index (κ3) is 4.43. The second kappa shape index (κ2) is 9.20. The third-order valence-electron chi connectivity index (χ3n) is 5.84. The molecule has 0 radical (unpaired) electrons. The summed E-state index contributed by atoms with van der Waals surface area (Å²) < 4.78 is 0. The largest absolute Gasteiger partial charge is 0.368 e. The Balaban J connectivity index is 1.85. The van der Waals surface area contributed by atoms with E-state index in [2.05, 4.69) is 36.2 Å². The van der Waals surface area contributed by atoms with Crippen molar-refractivity contribution < 1.29 is 4.79 Å². The molecule has 2 heterocycles. The minimum absolute atomic E-state index is 0.182. The highest BCUT2D eigenvalue weighted by molar-refractivity contribution is 8.00. The van der Waals surface area contributed by atoms with Gasteiger partial charge >= 0.3 is 0 Å². The molecular weight excluding hydrogens is 420 g/mol. The molecule has 3 N–H and O–H groups in total. The number of hydrogen-bond donors (Lipinski definition) is 2.